The van der Waals surface area contributed by atoms with E-state index >= 15 is 0 Å². The Balaban J connectivity index is 1.73. The molecule has 144 valence electrons. The van der Waals surface area contributed by atoms with E-state index in [0.717, 1.165) is 37.0 Å². The van der Waals surface area contributed by atoms with Crippen molar-refractivity contribution in [3.63, 3.8) is 0 Å². The van der Waals surface area contributed by atoms with Crippen molar-refractivity contribution in [3.8, 4) is 5.75 Å². The van der Waals surface area contributed by atoms with Gasteiger partial charge in [-0.1, -0.05) is 18.6 Å². The number of rotatable bonds is 5. The van der Waals surface area contributed by atoms with E-state index in [0.29, 0.717) is 12.2 Å². The second-order valence-corrected chi connectivity index (χ2v) is 7.28. The van der Waals surface area contributed by atoms with Gasteiger partial charge in [-0.3, -0.25) is 9.59 Å². The van der Waals surface area contributed by atoms with Crippen LogP contribution in [-0.4, -0.2) is 47.6 Å². The number of ketones is 1. The van der Waals surface area contributed by atoms with E-state index in [2.05, 4.69) is 0 Å². The summed E-state index contributed by atoms with van der Waals surface area (Å²) >= 11 is 0. The van der Waals surface area contributed by atoms with E-state index in [9.17, 15) is 14.7 Å². The smallest absolute Gasteiger partial charge is 0.290 e. The zero-order valence-corrected chi connectivity index (χ0v) is 15.5. The zero-order valence-electron chi connectivity index (χ0n) is 15.5. The highest BCUT2D eigenvalue weighted by atomic mass is 16.5. The van der Waals surface area contributed by atoms with Crippen molar-refractivity contribution in [2.24, 2.45) is 5.92 Å². The van der Waals surface area contributed by atoms with E-state index in [-0.39, 0.29) is 42.6 Å². The number of carbonyl (C=O) groups excluding carboxylic acids is 2. The molecule has 6 heteroatoms. The first-order valence-corrected chi connectivity index (χ1v) is 9.75. The summed E-state index contributed by atoms with van der Waals surface area (Å²) < 4.78 is 11.5. The van der Waals surface area contributed by atoms with Crippen molar-refractivity contribution in [3.05, 3.63) is 41.2 Å². The number of fused-ring (bicyclic) bond motifs is 1. The minimum atomic E-state index is -0.509. The third-order valence-corrected chi connectivity index (χ3v) is 5.71. The number of β-amino-alcohol motifs (C(OH)–C–C–N with tert-alkyl or cyclic N) is 1. The summed E-state index contributed by atoms with van der Waals surface area (Å²) in [4.78, 5) is 27.8. The highest BCUT2D eigenvalue weighted by Crippen LogP contribution is 2.46. The van der Waals surface area contributed by atoms with Gasteiger partial charge in [-0.15, -0.1) is 0 Å². The molecular weight excluding hydrogens is 346 g/mol. The van der Waals surface area contributed by atoms with Gasteiger partial charge < -0.3 is 19.5 Å². The van der Waals surface area contributed by atoms with E-state index in [1.807, 2.05) is 31.2 Å². The Morgan fingerprint density at radius 3 is 2.63 bits per heavy atom. The Labute approximate surface area is 158 Å². The molecule has 1 N–H and O–H groups in total. The van der Waals surface area contributed by atoms with Crippen LogP contribution in [0, 0.1) is 5.92 Å². The Morgan fingerprint density at radius 2 is 1.93 bits per heavy atom. The third kappa shape index (κ3) is 3.02. The lowest BCUT2D eigenvalue weighted by Gasteiger charge is -2.35. The summed E-state index contributed by atoms with van der Waals surface area (Å²) in [5, 5.41) is 9.47. The van der Waals surface area contributed by atoms with Gasteiger partial charge in [-0.05, 0) is 43.9 Å². The van der Waals surface area contributed by atoms with E-state index in [4.69, 9.17) is 9.47 Å². The second kappa shape index (κ2) is 7.35. The van der Waals surface area contributed by atoms with Crippen molar-refractivity contribution in [1.82, 2.24) is 4.90 Å². The van der Waals surface area contributed by atoms with Crippen molar-refractivity contribution in [2.75, 3.05) is 19.8 Å². The van der Waals surface area contributed by atoms with Gasteiger partial charge in [-0.2, -0.15) is 0 Å². The lowest BCUT2D eigenvalue weighted by Crippen LogP contribution is -2.39. The summed E-state index contributed by atoms with van der Waals surface area (Å²) in [6.45, 7) is 2.49. The standard InChI is InChI=1S/C21H25NO5/c1-2-26-14-9-7-13(8-10-14)18-17-19(24)15-5-3-4-6-16(15)27-20(17)21(25)22(18)11-12-23/h7-10,15-16,18,23H,2-6,11-12H2,1H3. The van der Waals surface area contributed by atoms with E-state index in [1.54, 1.807) is 4.90 Å². The van der Waals surface area contributed by atoms with Gasteiger partial charge in [0.25, 0.3) is 5.91 Å². The summed E-state index contributed by atoms with van der Waals surface area (Å²) in [6, 6.07) is 6.94. The molecule has 0 aromatic heterocycles. The monoisotopic (exact) mass is 371 g/mol. The fourth-order valence-electron chi connectivity index (χ4n) is 4.49. The predicted octanol–water partition coefficient (Wildman–Crippen LogP) is 2.37. The Kier molecular flexibility index (Phi) is 4.91. The maximum absolute atomic E-state index is 13.3. The van der Waals surface area contributed by atoms with Gasteiger partial charge >= 0.3 is 0 Å². The summed E-state index contributed by atoms with van der Waals surface area (Å²) in [5.74, 6) is 0.510. The molecule has 3 atom stereocenters. The van der Waals surface area contributed by atoms with E-state index < -0.39 is 6.04 Å². The van der Waals surface area contributed by atoms with Gasteiger partial charge in [0.1, 0.15) is 11.9 Å². The third-order valence-electron chi connectivity index (χ3n) is 5.71. The lowest BCUT2D eigenvalue weighted by atomic mass is 9.77. The molecule has 6 nitrogen and oxygen atoms in total. The van der Waals surface area contributed by atoms with Gasteiger partial charge in [-0.25, -0.2) is 0 Å². The fraction of sp³-hybridized carbons (Fsp3) is 0.524. The van der Waals surface area contributed by atoms with Gasteiger partial charge in [0.15, 0.2) is 11.5 Å². The molecule has 0 spiro atoms. The van der Waals surface area contributed by atoms with Crippen LogP contribution in [0.3, 0.4) is 0 Å². The van der Waals surface area contributed by atoms with Crippen LogP contribution in [0.2, 0.25) is 0 Å². The van der Waals surface area contributed by atoms with Crippen LogP contribution in [0.4, 0.5) is 0 Å². The summed E-state index contributed by atoms with van der Waals surface area (Å²) in [7, 11) is 0. The quantitative estimate of drug-likeness (QED) is 0.860. The molecule has 3 unspecified atom stereocenters. The SMILES string of the molecule is CCOc1ccc(C2C3=C(OC4CCCCC4C3=O)C(=O)N2CCO)cc1. The number of hydrogen-bond acceptors (Lipinski definition) is 5. The minimum Gasteiger partial charge on any atom is -0.494 e. The van der Waals surface area contributed by atoms with Crippen LogP contribution in [-0.2, 0) is 14.3 Å². The maximum Gasteiger partial charge on any atom is 0.290 e. The molecule has 0 radical (unpaired) electrons. The molecule has 2 heterocycles. The number of ether oxygens (including phenoxy) is 2. The van der Waals surface area contributed by atoms with Crippen molar-refractivity contribution in [2.45, 2.75) is 44.8 Å². The molecule has 0 bridgehead atoms. The molecule has 1 fully saturated rings. The molecule has 1 aliphatic carbocycles. The molecule has 1 saturated carbocycles. The molecule has 2 aliphatic heterocycles. The second-order valence-electron chi connectivity index (χ2n) is 7.28. The molecule has 4 rings (SSSR count). The predicted molar refractivity (Wildman–Crippen MR) is 98.0 cm³/mol. The molecule has 1 amide bonds. The highest BCUT2D eigenvalue weighted by molar-refractivity contribution is 6.11. The highest BCUT2D eigenvalue weighted by Gasteiger charge is 2.51. The molecule has 27 heavy (non-hydrogen) atoms. The number of aliphatic hydroxyl groups is 1. The number of aliphatic hydroxyl groups excluding tert-OH is 1. The topological polar surface area (TPSA) is 76.1 Å². The minimum absolute atomic E-state index is 0.0358. The van der Waals surface area contributed by atoms with Crippen LogP contribution in [0.25, 0.3) is 0 Å². The maximum atomic E-state index is 13.3. The van der Waals surface area contributed by atoms with Crippen LogP contribution < -0.4 is 4.74 Å². The Hall–Kier alpha value is -2.34. The number of carbonyl (C=O) groups is 2. The van der Waals surface area contributed by atoms with Gasteiger partial charge in [0.05, 0.1) is 30.7 Å². The fourth-order valence-corrected chi connectivity index (χ4v) is 4.49. The molecule has 3 aliphatic rings. The van der Waals surface area contributed by atoms with Crippen LogP contribution >= 0.6 is 0 Å². The average Bonchev–Trinajstić information content (AvgIpc) is 2.96. The number of nitrogens with zero attached hydrogens (tertiary/aromatic N) is 1. The van der Waals surface area contributed by atoms with Crippen LogP contribution in [0.5, 0.6) is 5.75 Å². The Bertz CT molecular complexity index is 769. The van der Waals surface area contributed by atoms with Gasteiger partial charge in [0.2, 0.25) is 0 Å². The number of Topliss-reactive ketones (excluding diaryl/α,β-unsaturated/α-hetero) is 1. The van der Waals surface area contributed by atoms with Gasteiger partial charge in [0, 0.05) is 6.54 Å². The van der Waals surface area contributed by atoms with E-state index in [1.165, 1.54) is 0 Å². The number of benzene rings is 1. The molecular formula is C21H25NO5. The first-order valence-electron chi connectivity index (χ1n) is 9.75. The Morgan fingerprint density at radius 1 is 1.19 bits per heavy atom. The van der Waals surface area contributed by atoms with Crippen LogP contribution in [0.15, 0.2) is 35.6 Å². The number of hydrogen-bond donors (Lipinski definition) is 1. The summed E-state index contributed by atoms with van der Waals surface area (Å²) in [5.41, 5.74) is 1.29. The average molecular weight is 371 g/mol. The van der Waals surface area contributed by atoms with Crippen molar-refractivity contribution < 1.29 is 24.2 Å². The van der Waals surface area contributed by atoms with Crippen molar-refractivity contribution in [1.29, 1.82) is 0 Å². The molecule has 0 saturated heterocycles. The number of amides is 1. The van der Waals surface area contributed by atoms with Crippen LogP contribution in [0.1, 0.15) is 44.2 Å². The molecule has 1 aromatic carbocycles. The normalized spacial score (nSPS) is 27.3. The van der Waals surface area contributed by atoms with Crippen molar-refractivity contribution >= 4 is 11.7 Å². The largest absolute Gasteiger partial charge is 0.494 e. The summed E-state index contributed by atoms with van der Waals surface area (Å²) in [6.07, 6.45) is 3.47. The lowest BCUT2D eigenvalue weighted by molar-refractivity contribution is -0.135. The molecule has 1 aromatic rings. The first kappa shape index (κ1) is 18.0. The first-order chi connectivity index (χ1) is 13.2. The zero-order chi connectivity index (χ0) is 19.0.